The first kappa shape index (κ1) is 20.2. The van der Waals surface area contributed by atoms with E-state index in [-0.39, 0.29) is 18.1 Å². The molecule has 0 unspecified atom stereocenters. The fourth-order valence-corrected chi connectivity index (χ4v) is 3.82. The Bertz CT molecular complexity index is 1030. The van der Waals surface area contributed by atoms with Gasteiger partial charge in [-0.25, -0.2) is 4.39 Å². The Hall–Kier alpha value is -3.06. The Kier molecular flexibility index (Phi) is 6.18. The number of amides is 1. The largest absolute Gasteiger partial charge is 0.349 e. The van der Waals surface area contributed by atoms with Crippen molar-refractivity contribution in [1.82, 2.24) is 25.0 Å². The zero-order chi connectivity index (χ0) is 20.9. The molecule has 2 aromatic carbocycles. The molecule has 3 aromatic rings. The van der Waals surface area contributed by atoms with Crippen LogP contribution in [0.25, 0.3) is 0 Å². The van der Waals surface area contributed by atoms with E-state index < -0.39 is 0 Å². The second-order valence-electron chi connectivity index (χ2n) is 7.72. The summed E-state index contributed by atoms with van der Waals surface area (Å²) in [5.74, 6) is 1.22. The van der Waals surface area contributed by atoms with Crippen molar-refractivity contribution in [2.75, 3.05) is 13.1 Å². The molecule has 30 heavy (non-hydrogen) atoms. The first-order chi connectivity index (χ1) is 14.6. The van der Waals surface area contributed by atoms with Crippen LogP contribution in [0.3, 0.4) is 0 Å². The average molecular weight is 407 g/mol. The monoisotopic (exact) mass is 407 g/mol. The first-order valence-electron chi connectivity index (χ1n) is 10.3. The zero-order valence-electron chi connectivity index (χ0n) is 17.1. The summed E-state index contributed by atoms with van der Waals surface area (Å²) in [5, 5.41) is 11.5. The molecule has 1 N–H and O–H groups in total. The van der Waals surface area contributed by atoms with Gasteiger partial charge in [0.25, 0.3) is 0 Å². The summed E-state index contributed by atoms with van der Waals surface area (Å²) in [5.41, 5.74) is 3.31. The highest BCUT2D eigenvalue weighted by Crippen LogP contribution is 2.15. The van der Waals surface area contributed by atoms with Gasteiger partial charge in [0.15, 0.2) is 5.82 Å². The standard InChI is InChI=1S/C23H26FN5O/c1-17-5-2-3-7-19(17)16-28-10-9-21-26-27-22(29(21)12-11-28)15-25-23(30)14-18-6-4-8-20(24)13-18/h2-8,13H,9-12,14-16H2,1H3,(H,25,30). The number of rotatable bonds is 6. The maximum absolute atomic E-state index is 13.3. The molecule has 6 nitrogen and oxygen atoms in total. The Morgan fingerprint density at radius 2 is 1.97 bits per heavy atom. The molecule has 0 saturated carbocycles. The quantitative estimate of drug-likeness (QED) is 0.682. The highest BCUT2D eigenvalue weighted by Gasteiger charge is 2.19. The van der Waals surface area contributed by atoms with Gasteiger partial charge in [0.2, 0.25) is 5.91 Å². The summed E-state index contributed by atoms with van der Waals surface area (Å²) >= 11 is 0. The Labute approximate surface area is 175 Å². The highest BCUT2D eigenvalue weighted by molar-refractivity contribution is 5.78. The van der Waals surface area contributed by atoms with Gasteiger partial charge in [0.1, 0.15) is 11.6 Å². The summed E-state index contributed by atoms with van der Waals surface area (Å²) in [7, 11) is 0. The SMILES string of the molecule is Cc1ccccc1CN1CCc2nnc(CNC(=O)Cc3cccc(F)c3)n2CC1. The topological polar surface area (TPSA) is 63.1 Å². The van der Waals surface area contributed by atoms with E-state index in [9.17, 15) is 9.18 Å². The number of aromatic nitrogens is 3. The van der Waals surface area contributed by atoms with Gasteiger partial charge < -0.3 is 9.88 Å². The van der Waals surface area contributed by atoms with E-state index in [1.54, 1.807) is 12.1 Å². The molecule has 0 saturated heterocycles. The van der Waals surface area contributed by atoms with Crippen LogP contribution in [0.15, 0.2) is 48.5 Å². The molecule has 7 heteroatoms. The summed E-state index contributed by atoms with van der Waals surface area (Å²) in [6.07, 6.45) is 0.971. The van der Waals surface area contributed by atoms with Gasteiger partial charge in [-0.2, -0.15) is 0 Å². The summed E-state index contributed by atoms with van der Waals surface area (Å²) in [4.78, 5) is 14.7. The van der Waals surface area contributed by atoms with E-state index in [4.69, 9.17) is 0 Å². The molecule has 156 valence electrons. The second-order valence-corrected chi connectivity index (χ2v) is 7.72. The fourth-order valence-electron chi connectivity index (χ4n) is 3.82. The number of halogens is 1. The van der Waals surface area contributed by atoms with E-state index in [2.05, 4.69) is 56.2 Å². The average Bonchev–Trinajstić information content (AvgIpc) is 3.00. The van der Waals surface area contributed by atoms with E-state index in [0.29, 0.717) is 12.1 Å². The Balaban J connectivity index is 1.33. The van der Waals surface area contributed by atoms with E-state index in [0.717, 1.165) is 44.2 Å². The Morgan fingerprint density at radius 1 is 1.10 bits per heavy atom. The summed E-state index contributed by atoms with van der Waals surface area (Å²) in [6, 6.07) is 14.6. The van der Waals surface area contributed by atoms with Crippen molar-refractivity contribution in [1.29, 1.82) is 0 Å². The molecule has 0 bridgehead atoms. The number of nitrogens with zero attached hydrogens (tertiary/aromatic N) is 4. The smallest absolute Gasteiger partial charge is 0.224 e. The highest BCUT2D eigenvalue weighted by atomic mass is 19.1. The van der Waals surface area contributed by atoms with E-state index in [1.165, 1.54) is 23.3 Å². The number of benzene rings is 2. The van der Waals surface area contributed by atoms with Gasteiger partial charge in [-0.3, -0.25) is 9.69 Å². The lowest BCUT2D eigenvalue weighted by atomic mass is 10.1. The normalized spacial score (nSPS) is 14.2. The van der Waals surface area contributed by atoms with Gasteiger partial charge in [0, 0.05) is 32.6 Å². The third kappa shape index (κ3) is 4.91. The molecular weight excluding hydrogens is 381 g/mol. The van der Waals surface area contributed by atoms with Crippen molar-refractivity contribution in [3.8, 4) is 0 Å². The van der Waals surface area contributed by atoms with Gasteiger partial charge in [0.05, 0.1) is 13.0 Å². The molecule has 1 amide bonds. The van der Waals surface area contributed by atoms with Gasteiger partial charge in [-0.15, -0.1) is 10.2 Å². The predicted molar refractivity (Wildman–Crippen MR) is 112 cm³/mol. The first-order valence-corrected chi connectivity index (χ1v) is 10.3. The van der Waals surface area contributed by atoms with Gasteiger partial charge in [-0.05, 0) is 35.7 Å². The minimum absolute atomic E-state index is 0.142. The molecule has 0 radical (unpaired) electrons. The molecule has 1 aliphatic rings. The molecule has 0 atom stereocenters. The van der Waals surface area contributed by atoms with Crippen molar-refractivity contribution in [3.63, 3.8) is 0 Å². The number of hydrogen-bond donors (Lipinski definition) is 1. The summed E-state index contributed by atoms with van der Waals surface area (Å²) < 4.78 is 15.4. The van der Waals surface area contributed by atoms with Crippen LogP contribution < -0.4 is 5.32 Å². The van der Waals surface area contributed by atoms with Crippen LogP contribution in [-0.2, 0) is 37.3 Å². The van der Waals surface area contributed by atoms with Crippen LogP contribution in [0.2, 0.25) is 0 Å². The third-order valence-electron chi connectivity index (χ3n) is 5.55. The predicted octanol–water partition coefficient (Wildman–Crippen LogP) is 2.64. The van der Waals surface area contributed by atoms with Crippen molar-refractivity contribution >= 4 is 5.91 Å². The number of nitrogens with one attached hydrogen (secondary N) is 1. The van der Waals surface area contributed by atoms with Crippen LogP contribution in [0, 0.1) is 12.7 Å². The zero-order valence-corrected chi connectivity index (χ0v) is 17.1. The molecule has 1 aliphatic heterocycles. The molecule has 0 spiro atoms. The van der Waals surface area contributed by atoms with Crippen molar-refractivity contribution in [2.45, 2.75) is 39.4 Å². The maximum atomic E-state index is 13.3. The van der Waals surface area contributed by atoms with Gasteiger partial charge >= 0.3 is 0 Å². The van der Waals surface area contributed by atoms with E-state index >= 15 is 0 Å². The van der Waals surface area contributed by atoms with Crippen LogP contribution in [0.1, 0.15) is 28.3 Å². The lowest BCUT2D eigenvalue weighted by Crippen LogP contribution is -2.28. The molecule has 1 aromatic heterocycles. The van der Waals surface area contributed by atoms with Crippen LogP contribution in [0.4, 0.5) is 4.39 Å². The molecule has 4 rings (SSSR count). The number of fused-ring (bicyclic) bond motifs is 1. The molecule has 2 heterocycles. The minimum atomic E-state index is -0.335. The lowest BCUT2D eigenvalue weighted by Gasteiger charge is -2.20. The molecule has 0 aliphatic carbocycles. The van der Waals surface area contributed by atoms with Crippen molar-refractivity contribution < 1.29 is 9.18 Å². The molecular formula is C23H26FN5O. The van der Waals surface area contributed by atoms with E-state index in [1.807, 2.05) is 0 Å². The number of hydrogen-bond acceptors (Lipinski definition) is 4. The van der Waals surface area contributed by atoms with Crippen LogP contribution >= 0.6 is 0 Å². The second kappa shape index (κ2) is 9.17. The number of carbonyl (C=O) groups is 1. The van der Waals surface area contributed by atoms with Gasteiger partial charge in [-0.1, -0.05) is 36.4 Å². The number of carbonyl (C=O) groups excluding carboxylic acids is 1. The Morgan fingerprint density at radius 3 is 2.80 bits per heavy atom. The van der Waals surface area contributed by atoms with Crippen molar-refractivity contribution in [3.05, 3.63) is 82.7 Å². The number of aryl methyl sites for hydroxylation is 1. The van der Waals surface area contributed by atoms with Crippen LogP contribution in [0.5, 0.6) is 0 Å². The third-order valence-corrected chi connectivity index (χ3v) is 5.55. The molecule has 0 fully saturated rings. The lowest BCUT2D eigenvalue weighted by molar-refractivity contribution is -0.120. The van der Waals surface area contributed by atoms with Crippen LogP contribution in [-0.4, -0.2) is 38.7 Å². The minimum Gasteiger partial charge on any atom is -0.349 e. The fraction of sp³-hybridized carbons (Fsp3) is 0.348. The maximum Gasteiger partial charge on any atom is 0.224 e. The van der Waals surface area contributed by atoms with Crippen molar-refractivity contribution in [2.24, 2.45) is 0 Å². The summed E-state index contributed by atoms with van der Waals surface area (Å²) in [6.45, 7) is 6.02.